The Bertz CT molecular complexity index is 1310. The molecule has 0 bridgehead atoms. The predicted octanol–water partition coefficient (Wildman–Crippen LogP) is 1.80. The minimum atomic E-state index is -0.557. The summed E-state index contributed by atoms with van der Waals surface area (Å²) in [4.78, 5) is 31.8. The number of primary amides is 1. The number of ether oxygens (including phenoxy) is 1. The van der Waals surface area contributed by atoms with Gasteiger partial charge in [0.25, 0.3) is 5.91 Å². The summed E-state index contributed by atoms with van der Waals surface area (Å²) in [6.07, 6.45) is 14.3. The Labute approximate surface area is 207 Å². The number of hydrogen-bond acceptors (Lipinski definition) is 9. The Morgan fingerprint density at radius 3 is 2.64 bits per heavy atom. The van der Waals surface area contributed by atoms with Crippen molar-refractivity contribution >= 4 is 41.1 Å². The number of anilines is 4. The maximum absolute atomic E-state index is 11.2. The molecule has 186 valence electrons. The van der Waals surface area contributed by atoms with Gasteiger partial charge in [-0.15, -0.1) is 17.9 Å². The molecule has 0 aromatic carbocycles. The highest BCUT2D eigenvalue weighted by Crippen LogP contribution is 2.23. The number of terminal acetylenes is 1. The Morgan fingerprint density at radius 1 is 1.25 bits per heavy atom. The van der Waals surface area contributed by atoms with E-state index in [4.69, 9.17) is 10.5 Å². The van der Waals surface area contributed by atoms with Gasteiger partial charge in [-0.25, -0.2) is 9.50 Å². The lowest BCUT2D eigenvalue weighted by molar-refractivity contribution is -0.105. The summed E-state index contributed by atoms with van der Waals surface area (Å²) in [6.45, 7) is 1.92. The van der Waals surface area contributed by atoms with E-state index in [2.05, 4.69) is 53.6 Å². The van der Waals surface area contributed by atoms with E-state index in [0.717, 1.165) is 31.4 Å². The van der Waals surface area contributed by atoms with Crippen LogP contribution in [0.1, 0.15) is 23.3 Å². The molecule has 1 aliphatic heterocycles. The van der Waals surface area contributed by atoms with E-state index in [9.17, 15) is 9.59 Å². The molecule has 0 aliphatic carbocycles. The first-order chi connectivity index (χ1) is 17.6. The molecule has 1 aliphatic rings. The molecule has 2 amide bonds. The van der Waals surface area contributed by atoms with Gasteiger partial charge >= 0.3 is 0 Å². The first kappa shape index (κ1) is 25.5. The molecule has 0 unspecified atom stereocenters. The normalized spacial score (nSPS) is 12.0. The number of fused-ring (bicyclic) bond motifs is 1. The van der Waals surface area contributed by atoms with E-state index in [-0.39, 0.29) is 5.69 Å². The van der Waals surface area contributed by atoms with Gasteiger partial charge < -0.3 is 26.0 Å². The Morgan fingerprint density at radius 2 is 2.03 bits per heavy atom. The molecular weight excluding hydrogens is 464 g/mol. The van der Waals surface area contributed by atoms with Crippen LogP contribution in [-0.4, -0.2) is 62.3 Å². The van der Waals surface area contributed by atoms with E-state index in [1.165, 1.54) is 13.3 Å². The summed E-state index contributed by atoms with van der Waals surface area (Å²) in [5.41, 5.74) is 6.95. The lowest BCUT2D eigenvalue weighted by Gasteiger charge is -2.16. The second kappa shape index (κ2) is 12.4. The van der Waals surface area contributed by atoms with Crippen LogP contribution in [0.5, 0.6) is 5.88 Å². The van der Waals surface area contributed by atoms with Crippen LogP contribution in [-0.2, 0) is 4.79 Å². The molecule has 13 nitrogen and oxygen atoms in total. The number of nitrogens with zero attached hydrogens (tertiary/aromatic N) is 6. The van der Waals surface area contributed by atoms with Gasteiger partial charge in [0.15, 0.2) is 11.6 Å². The summed E-state index contributed by atoms with van der Waals surface area (Å²) in [5.74, 6) is 1.77. The number of methoxy groups -OCH3 is 1. The molecular formula is C23H26N10O3. The van der Waals surface area contributed by atoms with Gasteiger partial charge in [-0.05, 0) is 31.0 Å². The first-order valence-corrected chi connectivity index (χ1v) is 10.8. The number of aromatic amines is 1. The van der Waals surface area contributed by atoms with Crippen molar-refractivity contribution in [2.45, 2.75) is 12.8 Å². The zero-order chi connectivity index (χ0) is 25.9. The fourth-order valence-electron chi connectivity index (χ4n) is 3.35. The molecule has 4 aromatic heterocycles. The van der Waals surface area contributed by atoms with Crippen molar-refractivity contribution in [2.75, 3.05) is 35.7 Å². The minimum absolute atomic E-state index is 0.243. The highest BCUT2D eigenvalue weighted by molar-refractivity contribution is 5.91. The van der Waals surface area contributed by atoms with Gasteiger partial charge in [-0.1, -0.05) is 0 Å². The fourth-order valence-corrected chi connectivity index (χ4v) is 3.35. The Kier molecular flexibility index (Phi) is 8.76. The largest absolute Gasteiger partial charge is 0.481 e. The number of nitrogens with one attached hydrogen (secondary N) is 3. The van der Waals surface area contributed by atoms with Crippen LogP contribution in [0.25, 0.3) is 5.52 Å². The van der Waals surface area contributed by atoms with Crippen molar-refractivity contribution in [1.29, 1.82) is 0 Å². The molecule has 0 saturated carbocycles. The summed E-state index contributed by atoms with van der Waals surface area (Å²) in [5, 5.41) is 16.7. The highest BCUT2D eigenvalue weighted by atomic mass is 16.5. The average Bonchev–Trinajstić information content (AvgIpc) is 3.68. The van der Waals surface area contributed by atoms with Crippen LogP contribution >= 0.6 is 0 Å². The van der Waals surface area contributed by atoms with E-state index in [1.807, 2.05) is 18.3 Å². The minimum Gasteiger partial charge on any atom is -0.481 e. The quantitative estimate of drug-likeness (QED) is 0.223. The molecule has 0 atom stereocenters. The third kappa shape index (κ3) is 6.26. The van der Waals surface area contributed by atoms with Gasteiger partial charge in [0.05, 0.1) is 19.0 Å². The van der Waals surface area contributed by atoms with Gasteiger partial charge in [0, 0.05) is 31.4 Å². The molecule has 4 aromatic rings. The third-order valence-electron chi connectivity index (χ3n) is 5.03. The number of H-pyrrole nitrogens is 1. The zero-order valence-corrected chi connectivity index (χ0v) is 19.6. The lowest BCUT2D eigenvalue weighted by atomic mass is 10.4. The van der Waals surface area contributed by atoms with Crippen molar-refractivity contribution in [3.8, 4) is 18.7 Å². The standard InChI is InChI=1S/C14H16N8O.C7H8N2O2.C2H2/c15-12(23)9-8-11(19-18-9)16-13-10-4-3-7-22(10)20-14(17-13)21-5-1-2-6-21;1-11-7-3-2-6(4-8-7)9-5-10;1-2/h3-4,7-8H,1-2,5-6H2,(H2,15,23)(H2,16,17,18,19,20);2-5H,1H3,(H,9,10);1-2H. The fraction of sp³-hybridized carbons (Fsp3) is 0.217. The second-order valence-electron chi connectivity index (χ2n) is 7.30. The van der Waals surface area contributed by atoms with Crippen LogP contribution in [0.15, 0.2) is 42.7 Å². The SMILES string of the molecule is C#C.COc1ccc(NC=O)cn1.NC(=O)c1cc(Nc2nc(N3CCCC3)nn3cccc23)n[nH]1. The Hall–Kier alpha value is -5.12. The summed E-state index contributed by atoms with van der Waals surface area (Å²) in [7, 11) is 1.54. The highest BCUT2D eigenvalue weighted by Gasteiger charge is 2.18. The predicted molar refractivity (Wildman–Crippen MR) is 135 cm³/mol. The first-order valence-electron chi connectivity index (χ1n) is 10.8. The van der Waals surface area contributed by atoms with E-state index in [1.54, 1.807) is 22.7 Å². The zero-order valence-electron chi connectivity index (χ0n) is 19.6. The van der Waals surface area contributed by atoms with E-state index in [0.29, 0.717) is 35.6 Å². The average molecular weight is 491 g/mol. The van der Waals surface area contributed by atoms with E-state index >= 15 is 0 Å². The van der Waals surface area contributed by atoms with E-state index < -0.39 is 5.91 Å². The Balaban J connectivity index is 0.000000235. The number of nitrogens with two attached hydrogens (primary N) is 1. The number of aromatic nitrogens is 6. The topological polar surface area (TPSA) is 168 Å². The van der Waals surface area contributed by atoms with Gasteiger partial charge in [-0.2, -0.15) is 10.1 Å². The maximum atomic E-state index is 11.2. The second-order valence-corrected chi connectivity index (χ2v) is 7.30. The number of amides is 2. The monoisotopic (exact) mass is 490 g/mol. The van der Waals surface area contributed by atoms with Crippen LogP contribution in [0, 0.1) is 12.8 Å². The van der Waals surface area contributed by atoms with Crippen LogP contribution in [0.2, 0.25) is 0 Å². The van der Waals surface area contributed by atoms with Crippen LogP contribution in [0.3, 0.4) is 0 Å². The van der Waals surface area contributed by atoms with Crippen LogP contribution < -0.4 is 26.0 Å². The van der Waals surface area contributed by atoms with Crippen molar-refractivity contribution in [1.82, 2.24) is 29.8 Å². The van der Waals surface area contributed by atoms with Crippen molar-refractivity contribution in [3.63, 3.8) is 0 Å². The molecule has 0 spiro atoms. The molecule has 13 heteroatoms. The van der Waals surface area contributed by atoms with Crippen molar-refractivity contribution in [2.24, 2.45) is 5.73 Å². The number of hydrogen-bond donors (Lipinski definition) is 4. The third-order valence-corrected chi connectivity index (χ3v) is 5.03. The molecule has 5 heterocycles. The number of carbonyl (C=O) groups excluding carboxylic acids is 2. The smallest absolute Gasteiger partial charge is 0.266 e. The van der Waals surface area contributed by atoms with Crippen LogP contribution in [0.4, 0.5) is 23.3 Å². The number of carbonyl (C=O) groups is 2. The number of rotatable bonds is 7. The summed E-state index contributed by atoms with van der Waals surface area (Å²) < 4.78 is 6.60. The molecule has 1 saturated heterocycles. The maximum Gasteiger partial charge on any atom is 0.266 e. The lowest BCUT2D eigenvalue weighted by Crippen LogP contribution is -2.22. The number of pyridine rings is 1. The summed E-state index contributed by atoms with van der Waals surface area (Å²) in [6, 6.07) is 8.76. The summed E-state index contributed by atoms with van der Waals surface area (Å²) >= 11 is 0. The molecule has 1 fully saturated rings. The molecule has 36 heavy (non-hydrogen) atoms. The molecule has 5 rings (SSSR count). The van der Waals surface area contributed by atoms with Gasteiger partial charge in [0.2, 0.25) is 18.2 Å². The van der Waals surface area contributed by atoms with Gasteiger partial charge in [-0.3, -0.25) is 14.7 Å². The van der Waals surface area contributed by atoms with Gasteiger partial charge in [0.1, 0.15) is 11.2 Å². The van der Waals surface area contributed by atoms with Crippen molar-refractivity contribution < 1.29 is 14.3 Å². The molecule has 5 N–H and O–H groups in total. The van der Waals surface area contributed by atoms with Crippen molar-refractivity contribution in [3.05, 3.63) is 48.4 Å². The molecule has 0 radical (unpaired) electrons.